The number of pyridine rings is 2. The number of nitrogens with zero attached hydrogens (tertiary/aromatic N) is 2. The standard InChI is InChI=1S/C11H14BrN3O2.C6H4BrNO2.CO2.2O3S/c1-3-13-10(16)8-5-7(12)6-9(15-8)11(17)14-4-2;7-4-1-2-8-5(3-4)6(9)10;2-1-3;2*1-4(2)3/h5-6H,3-4H2,1-2H3,(H,13,16)(H,14,17);1-3H,(H,9,10);;;. The summed E-state index contributed by atoms with van der Waals surface area (Å²) >= 11 is 6.38. The summed E-state index contributed by atoms with van der Waals surface area (Å²) in [5.74, 6) is -1.60. The Morgan fingerprint density at radius 2 is 1.16 bits per heavy atom. The van der Waals surface area contributed by atoms with E-state index in [1.54, 1.807) is 18.2 Å². The van der Waals surface area contributed by atoms with Crippen molar-refractivity contribution in [3.8, 4) is 0 Å². The van der Waals surface area contributed by atoms with Crippen LogP contribution in [0.4, 0.5) is 0 Å². The molecule has 0 saturated carbocycles. The summed E-state index contributed by atoms with van der Waals surface area (Å²) in [6.45, 7) is 4.67. The number of nitrogens with one attached hydrogen (secondary N) is 2. The van der Waals surface area contributed by atoms with E-state index in [1.807, 2.05) is 13.8 Å². The van der Waals surface area contributed by atoms with Gasteiger partial charge in [0.1, 0.15) is 17.1 Å². The fraction of sp³-hybridized carbons (Fsp3) is 0.222. The summed E-state index contributed by atoms with van der Waals surface area (Å²) in [6.07, 6.45) is 1.69. The predicted octanol–water partition coefficient (Wildman–Crippen LogP) is 0.294. The molecule has 2 amide bonds. The van der Waals surface area contributed by atoms with Gasteiger partial charge in [-0.15, -0.1) is 25.3 Å². The molecule has 0 saturated heterocycles. The van der Waals surface area contributed by atoms with Crippen LogP contribution in [0.15, 0.2) is 39.4 Å². The van der Waals surface area contributed by atoms with Crippen molar-refractivity contribution >= 4 is 77.0 Å². The molecule has 0 aliphatic rings. The smallest absolute Gasteiger partial charge is 0.425 e. The molecule has 0 spiro atoms. The van der Waals surface area contributed by atoms with Crippen LogP contribution >= 0.6 is 31.9 Å². The van der Waals surface area contributed by atoms with Gasteiger partial charge >= 0.3 is 33.3 Å². The number of halogens is 2. The molecule has 3 N–H and O–H groups in total. The zero-order valence-electron chi connectivity index (χ0n) is 19.2. The number of hydrogen-bond donors (Lipinski definition) is 3. The Labute approximate surface area is 234 Å². The number of carbonyl (C=O) groups is 3. The minimum atomic E-state index is -3.11. The van der Waals surface area contributed by atoms with E-state index in [-0.39, 0.29) is 35.0 Å². The Bertz CT molecular complexity index is 1250. The lowest BCUT2D eigenvalue weighted by Crippen LogP contribution is -2.27. The quantitative estimate of drug-likeness (QED) is 0.378. The Hall–Kier alpha value is -3.71. The molecule has 0 unspecified atom stereocenters. The summed E-state index contributed by atoms with van der Waals surface area (Å²) in [7, 11) is -6.22. The van der Waals surface area contributed by atoms with E-state index in [1.165, 1.54) is 12.3 Å². The maximum atomic E-state index is 11.6. The topological polar surface area (TPSA) is 258 Å². The maximum absolute atomic E-state index is 11.6. The second-order valence-electron chi connectivity index (χ2n) is 5.43. The molecule has 38 heavy (non-hydrogen) atoms. The van der Waals surface area contributed by atoms with E-state index in [0.717, 1.165) is 4.47 Å². The second kappa shape index (κ2) is 23.7. The van der Waals surface area contributed by atoms with Crippen molar-refractivity contribution in [2.45, 2.75) is 13.8 Å². The third-order valence-corrected chi connectivity index (χ3v) is 3.82. The molecule has 16 nitrogen and oxygen atoms in total. The van der Waals surface area contributed by atoms with Crippen molar-refractivity contribution in [2.75, 3.05) is 13.1 Å². The summed E-state index contributed by atoms with van der Waals surface area (Å²) in [5, 5.41) is 13.7. The average molecular weight is 706 g/mol. The maximum Gasteiger partial charge on any atom is 0.425 e. The van der Waals surface area contributed by atoms with Crippen LogP contribution < -0.4 is 10.6 Å². The highest BCUT2D eigenvalue weighted by Gasteiger charge is 2.13. The van der Waals surface area contributed by atoms with Gasteiger partial charge in [-0.3, -0.25) is 9.59 Å². The van der Waals surface area contributed by atoms with E-state index in [0.29, 0.717) is 17.6 Å². The first kappa shape index (κ1) is 38.8. The molecule has 0 aromatic carbocycles. The summed E-state index contributed by atoms with van der Waals surface area (Å²) in [4.78, 5) is 57.4. The Balaban J connectivity index is -0.000000490. The first-order valence-corrected chi connectivity index (χ1v) is 12.9. The van der Waals surface area contributed by atoms with E-state index < -0.39 is 27.2 Å². The molecular formula is C18H18Br2N4O12S2. The normalized spacial score (nSPS) is 8.32. The number of carboxylic acids is 1. The lowest BCUT2D eigenvalue weighted by molar-refractivity contribution is -0.191. The number of carboxylic acid groups (broad SMARTS) is 1. The van der Waals surface area contributed by atoms with Gasteiger partial charge in [0.2, 0.25) is 0 Å². The minimum Gasteiger partial charge on any atom is -0.477 e. The first-order valence-electron chi connectivity index (χ1n) is 9.28. The predicted molar refractivity (Wildman–Crippen MR) is 131 cm³/mol. The number of amides is 2. The van der Waals surface area contributed by atoms with Gasteiger partial charge < -0.3 is 15.7 Å². The molecule has 2 heterocycles. The van der Waals surface area contributed by atoms with Gasteiger partial charge in [-0.05, 0) is 38.1 Å². The number of hydrogen-bond acceptors (Lipinski definition) is 13. The van der Waals surface area contributed by atoms with E-state index in [4.69, 9.17) is 39.9 Å². The van der Waals surface area contributed by atoms with Crippen molar-refractivity contribution in [1.29, 1.82) is 0 Å². The third-order valence-electron chi connectivity index (χ3n) is 2.87. The summed E-state index contributed by atoms with van der Waals surface area (Å²) in [6, 6.07) is 6.27. The van der Waals surface area contributed by atoms with Crippen LogP contribution in [0.3, 0.4) is 0 Å². The Kier molecular flexibility index (Phi) is 24.2. The Morgan fingerprint density at radius 3 is 1.42 bits per heavy atom. The molecule has 2 aromatic heterocycles. The molecule has 208 valence electrons. The molecule has 2 aromatic rings. The molecular weight excluding hydrogens is 688 g/mol. The largest absolute Gasteiger partial charge is 0.477 e. The average Bonchev–Trinajstić information content (AvgIpc) is 2.79. The summed E-state index contributed by atoms with van der Waals surface area (Å²) in [5.41, 5.74) is 0.499. The van der Waals surface area contributed by atoms with Crippen LogP contribution in [-0.2, 0) is 30.8 Å². The lowest BCUT2D eigenvalue weighted by atomic mass is 10.2. The van der Waals surface area contributed by atoms with Crippen molar-refractivity contribution < 1.29 is 54.3 Å². The van der Waals surface area contributed by atoms with Crippen molar-refractivity contribution in [2.24, 2.45) is 0 Å². The van der Waals surface area contributed by atoms with Crippen LogP contribution in [0.1, 0.15) is 45.3 Å². The lowest BCUT2D eigenvalue weighted by Gasteiger charge is -2.06. The number of aromatic carboxylic acids is 1. The highest BCUT2D eigenvalue weighted by atomic mass is 79.9. The highest BCUT2D eigenvalue weighted by molar-refractivity contribution is 9.10. The monoisotopic (exact) mass is 704 g/mol. The van der Waals surface area contributed by atoms with Gasteiger partial charge in [-0.1, -0.05) is 31.9 Å². The van der Waals surface area contributed by atoms with Gasteiger partial charge in [0, 0.05) is 28.2 Å². The van der Waals surface area contributed by atoms with Crippen molar-refractivity contribution in [3.63, 3.8) is 0 Å². The third kappa shape index (κ3) is 24.0. The number of carbonyl (C=O) groups excluding carboxylic acids is 4. The van der Waals surface area contributed by atoms with E-state index >= 15 is 0 Å². The van der Waals surface area contributed by atoms with Crippen molar-refractivity contribution in [1.82, 2.24) is 20.6 Å². The van der Waals surface area contributed by atoms with Crippen LogP contribution in [-0.4, -0.2) is 77.4 Å². The highest BCUT2D eigenvalue weighted by Crippen LogP contribution is 2.13. The minimum absolute atomic E-state index is 0.0503. The number of rotatable bonds is 5. The first-order chi connectivity index (χ1) is 17.7. The number of aromatic nitrogens is 2. The van der Waals surface area contributed by atoms with Crippen LogP contribution in [0, 0.1) is 0 Å². The van der Waals surface area contributed by atoms with Crippen molar-refractivity contribution in [3.05, 3.63) is 56.5 Å². The van der Waals surface area contributed by atoms with Gasteiger partial charge in [-0.25, -0.2) is 14.8 Å². The molecule has 0 fully saturated rings. The molecule has 0 radical (unpaired) electrons. The van der Waals surface area contributed by atoms with Crippen LogP contribution in [0.25, 0.3) is 0 Å². The molecule has 0 bridgehead atoms. The Morgan fingerprint density at radius 1 is 0.816 bits per heavy atom. The van der Waals surface area contributed by atoms with Gasteiger partial charge in [0.15, 0.2) is 0 Å². The summed E-state index contributed by atoms with van der Waals surface area (Å²) < 4.78 is 52.0. The van der Waals surface area contributed by atoms with E-state index in [9.17, 15) is 14.4 Å². The second-order valence-corrected chi connectivity index (χ2v) is 8.08. The van der Waals surface area contributed by atoms with Gasteiger partial charge in [0.25, 0.3) is 11.8 Å². The fourth-order valence-corrected chi connectivity index (χ4v) is 2.52. The van der Waals surface area contributed by atoms with Crippen LogP contribution in [0.5, 0.6) is 0 Å². The molecule has 0 aliphatic heterocycles. The van der Waals surface area contributed by atoms with Gasteiger partial charge in [-0.2, -0.15) is 9.59 Å². The zero-order chi connectivity index (χ0) is 30.3. The SMILES string of the molecule is CCNC(=O)c1cc(Br)cc(C(=O)NCC)n1.O=C(O)c1cc(Br)ccn1.O=C=O.O=S(=O)=O.O=S(=O)=O. The molecule has 0 aliphatic carbocycles. The fourth-order valence-electron chi connectivity index (χ4n) is 1.75. The van der Waals surface area contributed by atoms with Gasteiger partial charge in [0.05, 0.1) is 0 Å². The molecule has 20 heteroatoms. The molecule has 0 atom stereocenters. The zero-order valence-corrected chi connectivity index (χ0v) is 24.0. The van der Waals surface area contributed by atoms with E-state index in [2.05, 4.69) is 52.5 Å². The van der Waals surface area contributed by atoms with Crippen LogP contribution in [0.2, 0.25) is 0 Å². The molecule has 2 rings (SSSR count).